The van der Waals surface area contributed by atoms with Gasteiger partial charge in [-0.1, -0.05) is 0 Å². The molecule has 0 radical (unpaired) electrons. The summed E-state index contributed by atoms with van der Waals surface area (Å²) in [7, 11) is -3.13. The quantitative estimate of drug-likeness (QED) is 0.577. The van der Waals surface area contributed by atoms with Gasteiger partial charge in [0.2, 0.25) is 0 Å². The Kier molecular flexibility index (Phi) is 3.91. The Balaban J connectivity index is 2.62. The van der Waals surface area contributed by atoms with E-state index in [1.165, 1.54) is 0 Å². The van der Waals surface area contributed by atoms with E-state index in [1.807, 2.05) is 0 Å². The van der Waals surface area contributed by atoms with Crippen LogP contribution in [0.1, 0.15) is 26.7 Å². The zero-order chi connectivity index (χ0) is 11.5. The molecule has 1 aliphatic rings. The molecule has 86 valence electrons. The lowest BCUT2D eigenvalue weighted by Gasteiger charge is -2.40. The molecule has 0 amide bonds. The van der Waals surface area contributed by atoms with Gasteiger partial charge in [-0.05, 0) is 13.8 Å². The molecule has 0 aromatic heterocycles. The fourth-order valence-electron chi connectivity index (χ4n) is 1.64. The highest BCUT2D eigenvalue weighted by Gasteiger charge is 2.53. The minimum Gasteiger partial charge on any atom is -0.375 e. The molecule has 0 aliphatic heterocycles. The molecule has 6 heteroatoms. The summed E-state index contributed by atoms with van der Waals surface area (Å²) in [6.07, 6.45) is 0.335. The maximum atomic E-state index is 12.1. The van der Waals surface area contributed by atoms with E-state index in [4.69, 9.17) is 14.3 Å². The number of rotatable bonds is 5. The van der Waals surface area contributed by atoms with E-state index in [2.05, 4.69) is 0 Å². The molecule has 1 aliphatic carbocycles. The lowest BCUT2D eigenvalue weighted by Crippen LogP contribution is -2.46. The Bertz CT molecular complexity index is 296. The molecule has 5 nitrogen and oxygen atoms in total. The molecular formula is C9H16NO4P. The second-order valence-electron chi connectivity index (χ2n) is 3.58. The van der Waals surface area contributed by atoms with Crippen LogP contribution in [0.3, 0.4) is 0 Å². The molecule has 0 aromatic carbocycles. The van der Waals surface area contributed by atoms with Crippen molar-refractivity contribution in [2.24, 2.45) is 0 Å². The number of hydrogen-bond acceptors (Lipinski definition) is 5. The summed E-state index contributed by atoms with van der Waals surface area (Å²) in [5, 5.41) is 18.1. The van der Waals surface area contributed by atoms with Gasteiger partial charge in [-0.3, -0.25) is 4.57 Å². The van der Waals surface area contributed by atoms with Crippen LogP contribution in [0.15, 0.2) is 0 Å². The van der Waals surface area contributed by atoms with Gasteiger partial charge in [0.25, 0.3) is 0 Å². The van der Waals surface area contributed by atoms with E-state index in [0.717, 1.165) is 0 Å². The third-order valence-corrected chi connectivity index (χ3v) is 4.92. The van der Waals surface area contributed by atoms with E-state index in [1.54, 1.807) is 19.9 Å². The van der Waals surface area contributed by atoms with Crippen molar-refractivity contribution in [2.75, 3.05) is 13.2 Å². The number of nitrogens with zero attached hydrogens (tertiary/aromatic N) is 1. The first-order chi connectivity index (χ1) is 6.99. The second kappa shape index (κ2) is 4.63. The largest absolute Gasteiger partial charge is 0.375 e. The van der Waals surface area contributed by atoms with Crippen LogP contribution in [0.2, 0.25) is 0 Å². The standard InChI is InChI=1S/C9H16NO4P/c1-3-13-15(12,14-4-2)8-5-9(11,6-8)7-10/h8,11H,3-6H2,1-2H3. The summed E-state index contributed by atoms with van der Waals surface area (Å²) in [5.41, 5.74) is -1.68. The highest BCUT2D eigenvalue weighted by molar-refractivity contribution is 7.54. The minimum atomic E-state index is -3.13. The van der Waals surface area contributed by atoms with Gasteiger partial charge in [-0.2, -0.15) is 5.26 Å². The number of hydrogen-bond donors (Lipinski definition) is 1. The first-order valence-corrected chi connectivity index (χ1v) is 6.63. The van der Waals surface area contributed by atoms with E-state index in [-0.39, 0.29) is 18.5 Å². The van der Waals surface area contributed by atoms with Gasteiger partial charge in [0.15, 0.2) is 5.60 Å². The highest BCUT2D eigenvalue weighted by Crippen LogP contribution is 2.61. The first kappa shape index (κ1) is 12.7. The van der Waals surface area contributed by atoms with Gasteiger partial charge in [0, 0.05) is 12.8 Å². The smallest absolute Gasteiger partial charge is 0.333 e. The van der Waals surface area contributed by atoms with E-state index in [9.17, 15) is 9.67 Å². The van der Waals surface area contributed by atoms with Crippen LogP contribution in [0.5, 0.6) is 0 Å². The van der Waals surface area contributed by atoms with Crippen molar-refractivity contribution < 1.29 is 18.7 Å². The third-order valence-electron chi connectivity index (χ3n) is 2.42. The monoisotopic (exact) mass is 233 g/mol. The molecule has 0 saturated heterocycles. The maximum absolute atomic E-state index is 12.1. The molecule has 1 fully saturated rings. The summed E-state index contributed by atoms with van der Waals surface area (Å²) in [5.74, 6) is 0. The Labute approximate surface area is 89.5 Å². The molecule has 1 saturated carbocycles. The van der Waals surface area contributed by atoms with Gasteiger partial charge >= 0.3 is 7.60 Å². The molecular weight excluding hydrogens is 217 g/mol. The zero-order valence-electron chi connectivity index (χ0n) is 8.97. The van der Waals surface area contributed by atoms with Crippen LogP contribution in [0.4, 0.5) is 0 Å². The predicted molar refractivity (Wildman–Crippen MR) is 54.4 cm³/mol. The molecule has 0 heterocycles. The van der Waals surface area contributed by atoms with E-state index < -0.39 is 13.2 Å². The molecule has 0 bridgehead atoms. The first-order valence-electron chi connectivity index (χ1n) is 5.02. The molecule has 0 spiro atoms. The highest BCUT2D eigenvalue weighted by atomic mass is 31.2. The molecule has 1 N–H and O–H groups in total. The van der Waals surface area contributed by atoms with Gasteiger partial charge in [0.1, 0.15) is 0 Å². The number of nitriles is 1. The van der Waals surface area contributed by atoms with Gasteiger partial charge in [-0.15, -0.1) is 0 Å². The van der Waals surface area contributed by atoms with Crippen molar-refractivity contribution in [3.05, 3.63) is 0 Å². The van der Waals surface area contributed by atoms with E-state index >= 15 is 0 Å². The van der Waals surface area contributed by atoms with Crippen LogP contribution in [0.25, 0.3) is 0 Å². The summed E-state index contributed by atoms with van der Waals surface area (Å²) in [6, 6.07) is 1.79. The SMILES string of the molecule is CCOP(=O)(OCC)C1CC(O)(C#N)C1. The average Bonchev–Trinajstić information content (AvgIpc) is 2.13. The third kappa shape index (κ3) is 2.59. The Morgan fingerprint density at radius 2 is 1.93 bits per heavy atom. The van der Waals surface area contributed by atoms with Crippen molar-refractivity contribution in [3.8, 4) is 6.07 Å². The van der Waals surface area contributed by atoms with Gasteiger partial charge < -0.3 is 14.2 Å². The van der Waals surface area contributed by atoms with Gasteiger partial charge in [-0.25, -0.2) is 0 Å². The van der Waals surface area contributed by atoms with Crippen molar-refractivity contribution >= 4 is 7.60 Å². The lowest BCUT2D eigenvalue weighted by molar-refractivity contribution is 0.0149. The summed E-state index contributed by atoms with van der Waals surface area (Å²) < 4.78 is 22.4. The Morgan fingerprint density at radius 1 is 1.47 bits per heavy atom. The molecule has 15 heavy (non-hydrogen) atoms. The second-order valence-corrected chi connectivity index (χ2v) is 5.91. The van der Waals surface area contributed by atoms with Gasteiger partial charge in [0.05, 0.1) is 24.9 Å². The minimum absolute atomic E-state index is 0.167. The Morgan fingerprint density at radius 3 is 2.27 bits per heavy atom. The fraction of sp³-hybridized carbons (Fsp3) is 0.889. The van der Waals surface area contributed by atoms with Crippen LogP contribution >= 0.6 is 7.60 Å². The zero-order valence-corrected chi connectivity index (χ0v) is 9.87. The van der Waals surface area contributed by atoms with E-state index in [0.29, 0.717) is 13.2 Å². The summed E-state index contributed by atoms with van der Waals surface area (Å²) in [6.45, 7) is 4.08. The predicted octanol–water partition coefficient (Wildman–Crippen LogP) is 1.67. The topological polar surface area (TPSA) is 79.6 Å². The van der Waals surface area contributed by atoms with Crippen molar-refractivity contribution in [1.82, 2.24) is 0 Å². The number of aliphatic hydroxyl groups is 1. The van der Waals surface area contributed by atoms with Crippen LogP contribution in [0, 0.1) is 11.3 Å². The fourth-order valence-corrected chi connectivity index (χ4v) is 3.91. The average molecular weight is 233 g/mol. The van der Waals surface area contributed by atoms with Crippen molar-refractivity contribution in [2.45, 2.75) is 37.9 Å². The lowest BCUT2D eigenvalue weighted by atomic mass is 9.81. The van der Waals surface area contributed by atoms with Crippen LogP contribution in [-0.2, 0) is 13.6 Å². The van der Waals surface area contributed by atoms with Crippen LogP contribution in [-0.4, -0.2) is 29.6 Å². The summed E-state index contributed by atoms with van der Waals surface area (Å²) >= 11 is 0. The van der Waals surface area contributed by atoms with Crippen LogP contribution < -0.4 is 0 Å². The summed E-state index contributed by atoms with van der Waals surface area (Å²) in [4.78, 5) is 0. The maximum Gasteiger partial charge on any atom is 0.333 e. The molecule has 0 atom stereocenters. The molecule has 1 rings (SSSR count). The normalized spacial score (nSPS) is 30.7. The molecule has 0 aromatic rings. The van der Waals surface area contributed by atoms with Crippen molar-refractivity contribution in [1.29, 1.82) is 5.26 Å². The Hall–Kier alpha value is -0.400. The van der Waals surface area contributed by atoms with Crippen molar-refractivity contribution in [3.63, 3.8) is 0 Å². The molecule has 0 unspecified atom stereocenters.